The Labute approximate surface area is 115 Å². The van der Waals surface area contributed by atoms with Crippen molar-refractivity contribution in [2.24, 2.45) is 17.6 Å². The minimum absolute atomic E-state index is 0.187. The fourth-order valence-corrected chi connectivity index (χ4v) is 3.21. The summed E-state index contributed by atoms with van der Waals surface area (Å²) >= 11 is 0. The first-order chi connectivity index (χ1) is 9.11. The van der Waals surface area contributed by atoms with Gasteiger partial charge in [0.25, 0.3) is 0 Å². The maximum absolute atomic E-state index is 13.0. The fourth-order valence-electron chi connectivity index (χ4n) is 3.21. The summed E-state index contributed by atoms with van der Waals surface area (Å²) in [4.78, 5) is 2.22. The maximum atomic E-state index is 13.0. The number of hydrogen-bond donors (Lipinski definition) is 1. The first-order valence-corrected chi connectivity index (χ1v) is 7.30. The molecule has 0 amide bonds. The molecule has 2 N–H and O–H groups in total. The molecule has 3 heteroatoms. The van der Waals surface area contributed by atoms with E-state index in [1.165, 1.54) is 37.8 Å². The topological polar surface area (TPSA) is 29.3 Å². The van der Waals surface area contributed by atoms with Crippen LogP contribution in [-0.2, 0) is 0 Å². The number of anilines is 1. The van der Waals surface area contributed by atoms with Crippen molar-refractivity contribution in [1.82, 2.24) is 0 Å². The molecule has 1 aliphatic rings. The summed E-state index contributed by atoms with van der Waals surface area (Å²) in [6.07, 6.45) is 5.12. The van der Waals surface area contributed by atoms with Gasteiger partial charge in [0.05, 0.1) is 0 Å². The lowest BCUT2D eigenvalue weighted by Gasteiger charge is -2.38. The van der Waals surface area contributed by atoms with E-state index in [1.54, 1.807) is 0 Å². The number of hydrogen-bond acceptors (Lipinski definition) is 2. The summed E-state index contributed by atoms with van der Waals surface area (Å²) in [5.74, 6) is 1.33. The Morgan fingerprint density at radius 2 is 1.79 bits per heavy atom. The first kappa shape index (κ1) is 14.3. The van der Waals surface area contributed by atoms with E-state index in [4.69, 9.17) is 5.73 Å². The smallest absolute Gasteiger partial charge is 0.123 e. The van der Waals surface area contributed by atoms with Gasteiger partial charge in [0.2, 0.25) is 0 Å². The molecule has 0 aliphatic heterocycles. The average molecular weight is 264 g/mol. The summed E-state index contributed by atoms with van der Waals surface area (Å²) in [6.45, 7) is 2.99. The van der Waals surface area contributed by atoms with Crippen LogP contribution in [0.4, 0.5) is 10.1 Å². The molecule has 1 aromatic rings. The number of nitrogens with zero attached hydrogens (tertiary/aromatic N) is 1. The summed E-state index contributed by atoms with van der Waals surface area (Å²) in [6, 6.07) is 7.07. The molecule has 0 spiro atoms. The van der Waals surface area contributed by atoms with Crippen molar-refractivity contribution >= 4 is 5.69 Å². The van der Waals surface area contributed by atoms with E-state index in [1.807, 2.05) is 12.1 Å². The lowest BCUT2D eigenvalue weighted by Crippen LogP contribution is -2.44. The fraction of sp³-hybridized carbons (Fsp3) is 0.625. The number of benzene rings is 1. The summed E-state index contributed by atoms with van der Waals surface area (Å²) < 4.78 is 13.0. The highest BCUT2D eigenvalue weighted by molar-refractivity contribution is 5.46. The van der Waals surface area contributed by atoms with Crippen LogP contribution in [0.5, 0.6) is 0 Å². The van der Waals surface area contributed by atoms with Gasteiger partial charge in [-0.2, -0.15) is 0 Å². The van der Waals surface area contributed by atoms with Gasteiger partial charge in [0.15, 0.2) is 0 Å². The molecule has 0 heterocycles. The van der Waals surface area contributed by atoms with Gasteiger partial charge in [-0.05, 0) is 48.9 Å². The van der Waals surface area contributed by atoms with Crippen LogP contribution in [0.2, 0.25) is 0 Å². The van der Waals surface area contributed by atoms with Gasteiger partial charge in [-0.3, -0.25) is 0 Å². The van der Waals surface area contributed by atoms with Gasteiger partial charge in [0, 0.05) is 25.3 Å². The molecule has 0 bridgehead atoms. The summed E-state index contributed by atoms with van der Waals surface area (Å²) in [5, 5.41) is 0. The van der Waals surface area contributed by atoms with E-state index in [0.717, 1.165) is 11.6 Å². The highest BCUT2D eigenvalue weighted by Gasteiger charge is 2.28. The molecule has 2 nitrogen and oxygen atoms in total. The van der Waals surface area contributed by atoms with Gasteiger partial charge in [-0.25, -0.2) is 4.39 Å². The zero-order valence-corrected chi connectivity index (χ0v) is 12.0. The van der Waals surface area contributed by atoms with Crippen molar-refractivity contribution in [2.45, 2.75) is 38.6 Å². The van der Waals surface area contributed by atoms with E-state index in [-0.39, 0.29) is 5.82 Å². The Balaban J connectivity index is 2.06. The minimum atomic E-state index is -0.187. The monoisotopic (exact) mass is 264 g/mol. The molecular formula is C16H25FN2. The molecule has 106 valence electrons. The zero-order valence-electron chi connectivity index (χ0n) is 12.0. The summed E-state index contributed by atoms with van der Waals surface area (Å²) in [5.41, 5.74) is 7.04. The Bertz CT molecular complexity index is 382. The van der Waals surface area contributed by atoms with Crippen LogP contribution in [-0.4, -0.2) is 19.6 Å². The molecule has 19 heavy (non-hydrogen) atoms. The van der Waals surface area contributed by atoms with E-state index >= 15 is 0 Å². The average Bonchev–Trinajstić information content (AvgIpc) is 2.42. The lowest BCUT2D eigenvalue weighted by atomic mass is 9.78. The van der Waals surface area contributed by atoms with Crippen LogP contribution in [0.15, 0.2) is 24.3 Å². The van der Waals surface area contributed by atoms with Gasteiger partial charge in [0.1, 0.15) is 5.82 Å². The van der Waals surface area contributed by atoms with Gasteiger partial charge < -0.3 is 10.6 Å². The number of rotatable bonds is 4. The van der Waals surface area contributed by atoms with E-state index in [9.17, 15) is 4.39 Å². The van der Waals surface area contributed by atoms with Crippen LogP contribution >= 0.6 is 0 Å². The van der Waals surface area contributed by atoms with E-state index in [0.29, 0.717) is 18.5 Å². The molecule has 1 atom stereocenters. The van der Waals surface area contributed by atoms with Gasteiger partial charge in [-0.15, -0.1) is 0 Å². The van der Waals surface area contributed by atoms with Gasteiger partial charge >= 0.3 is 0 Å². The van der Waals surface area contributed by atoms with Crippen molar-refractivity contribution in [2.75, 3.05) is 18.5 Å². The van der Waals surface area contributed by atoms with Crippen molar-refractivity contribution < 1.29 is 4.39 Å². The van der Waals surface area contributed by atoms with Crippen molar-refractivity contribution in [3.05, 3.63) is 30.1 Å². The predicted molar refractivity (Wildman–Crippen MR) is 78.8 cm³/mol. The standard InChI is InChI=1S/C16H25FN2/c1-12-3-5-13(6-4-12)16(11-18)19(2)15-9-7-14(17)8-10-15/h7-10,12-13,16H,3-6,11,18H2,1-2H3. The Hall–Kier alpha value is -1.09. The Morgan fingerprint density at radius 1 is 1.21 bits per heavy atom. The highest BCUT2D eigenvalue weighted by atomic mass is 19.1. The first-order valence-electron chi connectivity index (χ1n) is 7.30. The van der Waals surface area contributed by atoms with E-state index in [2.05, 4.69) is 18.9 Å². The number of likely N-dealkylation sites (N-methyl/N-ethyl adjacent to an activating group) is 1. The van der Waals surface area contributed by atoms with E-state index < -0.39 is 0 Å². The minimum Gasteiger partial charge on any atom is -0.370 e. The van der Waals surface area contributed by atoms with Crippen molar-refractivity contribution in [3.8, 4) is 0 Å². The molecule has 1 saturated carbocycles. The third kappa shape index (κ3) is 3.47. The zero-order chi connectivity index (χ0) is 13.8. The second-order valence-electron chi connectivity index (χ2n) is 5.91. The SMILES string of the molecule is CC1CCC(C(CN)N(C)c2ccc(F)cc2)CC1. The third-order valence-electron chi connectivity index (χ3n) is 4.58. The molecule has 0 radical (unpaired) electrons. The summed E-state index contributed by atoms with van der Waals surface area (Å²) in [7, 11) is 2.07. The predicted octanol–water partition coefficient (Wildman–Crippen LogP) is 3.42. The molecular weight excluding hydrogens is 239 g/mol. The van der Waals surface area contributed by atoms with Crippen LogP contribution in [0.25, 0.3) is 0 Å². The van der Waals surface area contributed by atoms with Crippen LogP contribution in [0.1, 0.15) is 32.6 Å². The highest BCUT2D eigenvalue weighted by Crippen LogP contribution is 2.33. The molecule has 0 aromatic heterocycles. The second-order valence-corrected chi connectivity index (χ2v) is 5.91. The normalized spacial score (nSPS) is 25.1. The van der Waals surface area contributed by atoms with Gasteiger partial charge in [-0.1, -0.05) is 19.8 Å². The number of nitrogens with two attached hydrogens (primary N) is 1. The van der Waals surface area contributed by atoms with Crippen LogP contribution in [0, 0.1) is 17.7 Å². The molecule has 1 aromatic carbocycles. The van der Waals surface area contributed by atoms with Crippen LogP contribution < -0.4 is 10.6 Å². The number of halogens is 1. The maximum Gasteiger partial charge on any atom is 0.123 e. The quantitative estimate of drug-likeness (QED) is 0.903. The third-order valence-corrected chi connectivity index (χ3v) is 4.58. The van der Waals surface area contributed by atoms with Crippen molar-refractivity contribution in [3.63, 3.8) is 0 Å². The molecule has 1 fully saturated rings. The molecule has 1 unspecified atom stereocenters. The van der Waals surface area contributed by atoms with Crippen LogP contribution in [0.3, 0.4) is 0 Å². The molecule has 0 saturated heterocycles. The molecule has 1 aliphatic carbocycles. The Morgan fingerprint density at radius 3 is 2.32 bits per heavy atom. The Kier molecular flexibility index (Phi) is 4.81. The second kappa shape index (κ2) is 6.38. The lowest BCUT2D eigenvalue weighted by molar-refractivity contribution is 0.253. The largest absolute Gasteiger partial charge is 0.370 e. The van der Waals surface area contributed by atoms with Crippen molar-refractivity contribution in [1.29, 1.82) is 0 Å². The molecule has 2 rings (SSSR count).